The van der Waals surface area contributed by atoms with E-state index in [4.69, 9.17) is 0 Å². The van der Waals surface area contributed by atoms with Gasteiger partial charge >= 0.3 is 0 Å². The van der Waals surface area contributed by atoms with Crippen LogP contribution in [0.15, 0.2) is 30.0 Å². The highest BCUT2D eigenvalue weighted by Gasteiger charge is 2.11. The second kappa shape index (κ2) is 4.35. The molecule has 0 radical (unpaired) electrons. The van der Waals surface area contributed by atoms with Gasteiger partial charge in [0.15, 0.2) is 0 Å². The van der Waals surface area contributed by atoms with E-state index in [9.17, 15) is 4.79 Å². The molecule has 0 fully saturated rings. The summed E-state index contributed by atoms with van der Waals surface area (Å²) in [5.74, 6) is -0.0606. The lowest BCUT2D eigenvalue weighted by molar-refractivity contribution is -0.115. The van der Waals surface area contributed by atoms with Gasteiger partial charge in [0, 0.05) is 17.5 Å². The predicted molar refractivity (Wildman–Crippen MR) is 73.7 cm³/mol. The molecule has 0 aliphatic carbocycles. The minimum Gasteiger partial charge on any atom is -0.357 e. The summed E-state index contributed by atoms with van der Waals surface area (Å²) in [6, 6.07) is 5.82. The van der Waals surface area contributed by atoms with Gasteiger partial charge in [0.2, 0.25) is 5.91 Å². The van der Waals surface area contributed by atoms with Crippen molar-refractivity contribution in [3.8, 4) is 0 Å². The fraction of sp³-hybridized carbons (Fsp3) is 0.214. The third-order valence-electron chi connectivity index (χ3n) is 3.14. The van der Waals surface area contributed by atoms with Crippen molar-refractivity contribution in [3.05, 3.63) is 41.4 Å². The lowest BCUT2D eigenvalue weighted by atomic mass is 10.2. The van der Waals surface area contributed by atoms with Gasteiger partial charge in [0.25, 0.3) is 0 Å². The minimum absolute atomic E-state index is 0.0606. The predicted octanol–water partition coefficient (Wildman–Crippen LogP) is 1.67. The Bertz CT molecular complexity index is 706. The summed E-state index contributed by atoms with van der Waals surface area (Å²) in [5, 5.41) is 5.93. The Morgan fingerprint density at radius 1 is 1.16 bits per heavy atom. The molecule has 0 saturated heterocycles. The second-order valence-electron chi connectivity index (χ2n) is 4.61. The Hall–Kier alpha value is -2.43. The molecule has 0 unspecified atom stereocenters. The summed E-state index contributed by atoms with van der Waals surface area (Å²) in [4.78, 5) is 20.1. The largest absolute Gasteiger partial charge is 0.357 e. The van der Waals surface area contributed by atoms with Gasteiger partial charge in [0.05, 0.1) is 29.0 Å². The normalized spacial score (nSPS) is 14.4. The Balaban J connectivity index is 1.95. The maximum Gasteiger partial charge on any atom is 0.246 e. The number of aromatic nitrogens is 2. The summed E-state index contributed by atoms with van der Waals surface area (Å²) in [6.45, 7) is 4.44. The van der Waals surface area contributed by atoms with Gasteiger partial charge in [-0.05, 0) is 32.0 Å². The Morgan fingerprint density at radius 2 is 1.89 bits per heavy atom. The molecule has 0 spiro atoms. The van der Waals surface area contributed by atoms with Crippen LogP contribution < -0.4 is 10.6 Å². The minimum atomic E-state index is -0.0606. The second-order valence-corrected chi connectivity index (χ2v) is 4.61. The summed E-state index contributed by atoms with van der Waals surface area (Å²) in [6.07, 6.45) is 1.57. The lowest BCUT2D eigenvalue weighted by Crippen LogP contribution is -2.16. The van der Waals surface area contributed by atoms with Crippen molar-refractivity contribution in [1.82, 2.24) is 15.3 Å². The number of nitrogens with zero attached hydrogens (tertiary/aromatic N) is 2. The van der Waals surface area contributed by atoms with E-state index in [1.165, 1.54) is 0 Å². The Kier molecular flexibility index (Phi) is 2.67. The van der Waals surface area contributed by atoms with Crippen molar-refractivity contribution in [2.75, 3.05) is 11.9 Å². The molecule has 1 aromatic heterocycles. The monoisotopic (exact) mass is 254 g/mol. The topological polar surface area (TPSA) is 66.9 Å². The van der Waals surface area contributed by atoms with Crippen molar-refractivity contribution >= 4 is 22.6 Å². The summed E-state index contributed by atoms with van der Waals surface area (Å²) in [5.41, 5.74) is 5.38. The molecule has 96 valence electrons. The van der Waals surface area contributed by atoms with Crippen molar-refractivity contribution in [1.29, 1.82) is 0 Å². The molecular weight excluding hydrogens is 240 g/mol. The van der Waals surface area contributed by atoms with Gasteiger partial charge in [0.1, 0.15) is 0 Å². The molecule has 1 aromatic carbocycles. The third-order valence-corrected chi connectivity index (χ3v) is 3.14. The van der Waals surface area contributed by atoms with E-state index in [1.807, 2.05) is 32.0 Å². The molecule has 0 atom stereocenters. The van der Waals surface area contributed by atoms with Crippen molar-refractivity contribution < 1.29 is 4.79 Å². The molecule has 1 amide bonds. The highest BCUT2D eigenvalue weighted by molar-refractivity contribution is 5.92. The summed E-state index contributed by atoms with van der Waals surface area (Å²) < 4.78 is 0. The van der Waals surface area contributed by atoms with Crippen LogP contribution >= 0.6 is 0 Å². The van der Waals surface area contributed by atoms with Gasteiger partial charge in [-0.1, -0.05) is 0 Å². The number of carbonyl (C=O) groups excluding carboxylic acids is 1. The Morgan fingerprint density at radius 3 is 2.58 bits per heavy atom. The lowest BCUT2D eigenvalue weighted by Gasteiger charge is -2.08. The van der Waals surface area contributed by atoms with E-state index in [0.717, 1.165) is 33.8 Å². The number of anilines is 1. The van der Waals surface area contributed by atoms with Crippen LogP contribution in [0.5, 0.6) is 0 Å². The fourth-order valence-corrected chi connectivity index (χ4v) is 2.02. The first-order valence-corrected chi connectivity index (χ1v) is 6.12. The van der Waals surface area contributed by atoms with Gasteiger partial charge in [-0.25, -0.2) is 9.97 Å². The van der Waals surface area contributed by atoms with E-state index >= 15 is 0 Å². The number of aryl methyl sites for hydroxylation is 2. The molecule has 2 heterocycles. The molecule has 1 aliphatic heterocycles. The SMILES string of the molecule is Cc1nc2ccc(NC3=CC(=O)NC3)cc2nc1C. The molecule has 3 rings (SSSR count). The van der Waals surface area contributed by atoms with Gasteiger partial charge in [-0.3, -0.25) is 4.79 Å². The van der Waals surface area contributed by atoms with Gasteiger partial charge < -0.3 is 10.6 Å². The van der Waals surface area contributed by atoms with E-state index < -0.39 is 0 Å². The number of hydrogen-bond donors (Lipinski definition) is 2. The number of amides is 1. The number of benzene rings is 1. The van der Waals surface area contributed by atoms with E-state index in [0.29, 0.717) is 6.54 Å². The van der Waals surface area contributed by atoms with Crippen LogP contribution in [0.2, 0.25) is 0 Å². The van der Waals surface area contributed by atoms with Crippen LogP contribution in [0.1, 0.15) is 11.4 Å². The van der Waals surface area contributed by atoms with Crippen LogP contribution in [0, 0.1) is 13.8 Å². The first-order valence-electron chi connectivity index (χ1n) is 6.12. The molecule has 2 N–H and O–H groups in total. The highest BCUT2D eigenvalue weighted by atomic mass is 16.1. The molecular formula is C14H14N4O. The fourth-order valence-electron chi connectivity index (χ4n) is 2.02. The first-order chi connectivity index (χ1) is 9.11. The summed E-state index contributed by atoms with van der Waals surface area (Å²) in [7, 11) is 0. The number of fused-ring (bicyclic) bond motifs is 1. The van der Waals surface area contributed by atoms with Gasteiger partial charge in [-0.2, -0.15) is 0 Å². The van der Waals surface area contributed by atoms with Crippen LogP contribution in [-0.4, -0.2) is 22.4 Å². The maximum atomic E-state index is 11.1. The highest BCUT2D eigenvalue weighted by Crippen LogP contribution is 2.19. The number of carbonyl (C=O) groups is 1. The first kappa shape index (κ1) is 11.6. The Labute approximate surface area is 110 Å². The molecule has 5 nitrogen and oxygen atoms in total. The number of nitrogens with one attached hydrogen (secondary N) is 2. The number of hydrogen-bond acceptors (Lipinski definition) is 4. The van der Waals surface area contributed by atoms with E-state index in [1.54, 1.807) is 6.08 Å². The average molecular weight is 254 g/mol. The van der Waals surface area contributed by atoms with Crippen LogP contribution in [0.3, 0.4) is 0 Å². The molecule has 2 aromatic rings. The quantitative estimate of drug-likeness (QED) is 0.855. The molecule has 0 bridgehead atoms. The van der Waals surface area contributed by atoms with Gasteiger partial charge in [-0.15, -0.1) is 0 Å². The molecule has 0 saturated carbocycles. The van der Waals surface area contributed by atoms with Crippen molar-refractivity contribution in [3.63, 3.8) is 0 Å². The van der Waals surface area contributed by atoms with Crippen LogP contribution in [-0.2, 0) is 4.79 Å². The number of rotatable bonds is 2. The van der Waals surface area contributed by atoms with E-state index in [-0.39, 0.29) is 5.91 Å². The average Bonchev–Trinajstić information content (AvgIpc) is 2.77. The van der Waals surface area contributed by atoms with E-state index in [2.05, 4.69) is 20.6 Å². The van der Waals surface area contributed by atoms with Crippen LogP contribution in [0.25, 0.3) is 11.0 Å². The zero-order valence-corrected chi connectivity index (χ0v) is 10.8. The van der Waals surface area contributed by atoms with Crippen molar-refractivity contribution in [2.45, 2.75) is 13.8 Å². The van der Waals surface area contributed by atoms with Crippen LogP contribution in [0.4, 0.5) is 5.69 Å². The van der Waals surface area contributed by atoms with Crippen molar-refractivity contribution in [2.24, 2.45) is 0 Å². The molecule has 5 heteroatoms. The zero-order chi connectivity index (χ0) is 13.4. The smallest absolute Gasteiger partial charge is 0.246 e. The third kappa shape index (κ3) is 2.27. The molecule has 19 heavy (non-hydrogen) atoms. The maximum absolute atomic E-state index is 11.1. The summed E-state index contributed by atoms with van der Waals surface area (Å²) >= 11 is 0. The zero-order valence-electron chi connectivity index (χ0n) is 10.8. The molecule has 1 aliphatic rings. The standard InChI is InChI=1S/C14H14N4O/c1-8-9(2)17-13-5-10(3-4-12(13)16-8)18-11-6-14(19)15-7-11/h3-6,18H,7H2,1-2H3,(H,15,19).